The van der Waals surface area contributed by atoms with E-state index < -0.39 is 24.5 Å². The number of hydrogen-bond donors (Lipinski definition) is 9. The van der Waals surface area contributed by atoms with Crippen molar-refractivity contribution in [1.82, 2.24) is 0 Å². The fourth-order valence-corrected chi connectivity index (χ4v) is 1.33. The zero-order chi connectivity index (χ0) is 21.1. The number of aliphatic hydroxyl groups excluding tert-OH is 1. The fourth-order valence-electron chi connectivity index (χ4n) is 1.33. The number of carboxylic acids is 2. The summed E-state index contributed by atoms with van der Waals surface area (Å²) in [5.41, 5.74) is 11.4. The van der Waals surface area contributed by atoms with Crippen LogP contribution in [0.2, 0.25) is 0 Å². The van der Waals surface area contributed by atoms with Gasteiger partial charge in [0, 0.05) is 23.5 Å². The third kappa shape index (κ3) is 9.89. The van der Waals surface area contributed by atoms with Crippen molar-refractivity contribution < 1.29 is 45.3 Å². The minimum absolute atomic E-state index is 0.149. The Labute approximate surface area is 153 Å². The number of nitrogens with two attached hydrogens (primary N) is 2. The van der Waals surface area contributed by atoms with Gasteiger partial charge in [0.1, 0.15) is 0 Å². The quantitative estimate of drug-likeness (QED) is 0.198. The number of phenolic OH excluding ortho intramolecular Hbond substituents is 4. The van der Waals surface area contributed by atoms with Crippen LogP contribution in [0.5, 0.6) is 23.0 Å². The van der Waals surface area contributed by atoms with Crippen molar-refractivity contribution in [3.05, 3.63) is 36.4 Å². The van der Waals surface area contributed by atoms with Gasteiger partial charge in [-0.15, -0.1) is 0 Å². The Hall–Kier alpha value is -3.86. The standard InChI is InChI=1S/2C6H7NO2.C4H6O5/c2*7-4-1-2-5(8)6(9)3-4;5-2(4(8)9)1-3(6)7/h2*1-3,8-9H,7H2;2,5H,1H2,(H,6,7)(H,8,9). The van der Waals surface area contributed by atoms with Crippen LogP contribution in [0.3, 0.4) is 0 Å². The average molecular weight is 384 g/mol. The molecule has 11 N–H and O–H groups in total. The summed E-state index contributed by atoms with van der Waals surface area (Å²) in [6.07, 6.45) is -2.54. The second-order valence-electron chi connectivity index (χ2n) is 4.95. The molecule has 2 aromatic carbocycles. The predicted molar refractivity (Wildman–Crippen MR) is 94.3 cm³/mol. The number of nitrogen functional groups attached to an aromatic ring is 2. The van der Waals surface area contributed by atoms with Crippen molar-refractivity contribution >= 4 is 23.3 Å². The van der Waals surface area contributed by atoms with E-state index in [2.05, 4.69) is 0 Å². The summed E-state index contributed by atoms with van der Waals surface area (Å²) in [5.74, 6) is -3.51. The van der Waals surface area contributed by atoms with Crippen LogP contribution in [0.25, 0.3) is 0 Å². The van der Waals surface area contributed by atoms with Gasteiger partial charge in [0.2, 0.25) is 0 Å². The minimum Gasteiger partial charge on any atom is -0.504 e. The van der Waals surface area contributed by atoms with E-state index >= 15 is 0 Å². The van der Waals surface area contributed by atoms with Crippen LogP contribution >= 0.6 is 0 Å². The molecule has 0 aromatic heterocycles. The van der Waals surface area contributed by atoms with Crippen LogP contribution in [0.4, 0.5) is 11.4 Å². The lowest BCUT2D eigenvalue weighted by molar-refractivity contribution is -0.152. The topological polar surface area (TPSA) is 228 Å². The molecule has 0 radical (unpaired) electrons. The fraction of sp³-hybridized carbons (Fsp3) is 0.125. The van der Waals surface area contributed by atoms with E-state index in [0.717, 1.165) is 0 Å². The monoisotopic (exact) mass is 384 g/mol. The largest absolute Gasteiger partial charge is 0.504 e. The number of rotatable bonds is 3. The van der Waals surface area contributed by atoms with Gasteiger partial charge in [0.25, 0.3) is 0 Å². The maximum absolute atomic E-state index is 9.72. The Kier molecular flexibility index (Phi) is 9.33. The Balaban J connectivity index is 0.000000376. The molecule has 0 fully saturated rings. The van der Waals surface area contributed by atoms with E-state index in [1.807, 2.05) is 0 Å². The van der Waals surface area contributed by atoms with Crippen LogP contribution in [0.1, 0.15) is 6.42 Å². The number of benzene rings is 2. The zero-order valence-electron chi connectivity index (χ0n) is 13.9. The first-order chi connectivity index (χ1) is 12.4. The predicted octanol–water partition coefficient (Wildman–Crippen LogP) is 0.267. The lowest BCUT2D eigenvalue weighted by Crippen LogP contribution is -2.22. The highest BCUT2D eigenvalue weighted by atomic mass is 16.4. The molecule has 2 rings (SSSR count). The molecule has 0 saturated heterocycles. The van der Waals surface area contributed by atoms with Crippen molar-refractivity contribution in [1.29, 1.82) is 0 Å². The molecular weight excluding hydrogens is 364 g/mol. The number of anilines is 2. The van der Waals surface area contributed by atoms with Gasteiger partial charge >= 0.3 is 11.9 Å². The Morgan fingerprint density at radius 3 is 1.33 bits per heavy atom. The molecule has 1 atom stereocenters. The van der Waals surface area contributed by atoms with Gasteiger partial charge in [-0.3, -0.25) is 4.79 Å². The number of aliphatic hydroxyl groups is 1. The molecule has 11 heteroatoms. The van der Waals surface area contributed by atoms with Crippen LogP contribution in [0, 0.1) is 0 Å². The molecule has 11 nitrogen and oxygen atoms in total. The molecule has 0 aliphatic rings. The van der Waals surface area contributed by atoms with E-state index in [4.69, 9.17) is 47.2 Å². The van der Waals surface area contributed by atoms with Gasteiger partial charge in [-0.2, -0.15) is 0 Å². The Morgan fingerprint density at radius 2 is 1.15 bits per heavy atom. The van der Waals surface area contributed by atoms with E-state index in [9.17, 15) is 9.59 Å². The smallest absolute Gasteiger partial charge is 0.333 e. The van der Waals surface area contributed by atoms with Gasteiger partial charge in [0.15, 0.2) is 29.1 Å². The van der Waals surface area contributed by atoms with Gasteiger partial charge in [-0.1, -0.05) is 0 Å². The van der Waals surface area contributed by atoms with Gasteiger partial charge in [-0.05, 0) is 24.3 Å². The van der Waals surface area contributed by atoms with Crippen LogP contribution in [-0.4, -0.2) is 53.8 Å². The summed E-state index contributed by atoms with van der Waals surface area (Å²) in [6, 6.07) is 8.27. The molecule has 0 bridgehead atoms. The summed E-state index contributed by atoms with van der Waals surface area (Å²) in [7, 11) is 0. The molecule has 1 unspecified atom stereocenters. The molecule has 27 heavy (non-hydrogen) atoms. The second kappa shape index (κ2) is 10.9. The van der Waals surface area contributed by atoms with Crippen LogP contribution in [-0.2, 0) is 9.59 Å². The maximum Gasteiger partial charge on any atom is 0.333 e. The van der Waals surface area contributed by atoms with Crippen molar-refractivity contribution in [2.45, 2.75) is 12.5 Å². The van der Waals surface area contributed by atoms with E-state index in [1.165, 1.54) is 36.4 Å². The molecular formula is C16H20N2O9. The summed E-state index contributed by atoms with van der Waals surface area (Å²) >= 11 is 0. The lowest BCUT2D eigenvalue weighted by Gasteiger charge is -1.97. The molecule has 148 valence electrons. The van der Waals surface area contributed by atoms with Gasteiger partial charge < -0.3 is 47.2 Å². The first-order valence-corrected chi connectivity index (χ1v) is 7.11. The van der Waals surface area contributed by atoms with Crippen molar-refractivity contribution in [3.63, 3.8) is 0 Å². The Bertz CT molecular complexity index is 731. The normalized spacial score (nSPS) is 10.4. The van der Waals surface area contributed by atoms with Gasteiger partial charge in [-0.25, -0.2) is 4.79 Å². The molecule has 2 aromatic rings. The first kappa shape index (κ1) is 23.1. The zero-order valence-corrected chi connectivity index (χ0v) is 13.9. The molecule has 0 heterocycles. The molecule has 0 spiro atoms. The van der Waals surface area contributed by atoms with Crippen LogP contribution < -0.4 is 11.5 Å². The third-order valence-corrected chi connectivity index (χ3v) is 2.65. The Morgan fingerprint density at radius 1 is 0.778 bits per heavy atom. The minimum atomic E-state index is -1.79. The van der Waals surface area contributed by atoms with Crippen LogP contribution in [0.15, 0.2) is 36.4 Å². The molecule has 0 saturated carbocycles. The van der Waals surface area contributed by atoms with Crippen molar-refractivity contribution in [2.24, 2.45) is 0 Å². The summed E-state index contributed by atoms with van der Waals surface area (Å²) in [6.45, 7) is 0. The summed E-state index contributed by atoms with van der Waals surface area (Å²) in [4.78, 5) is 19.4. The number of carboxylic acid groups (broad SMARTS) is 2. The molecule has 0 aliphatic carbocycles. The lowest BCUT2D eigenvalue weighted by atomic mass is 10.3. The third-order valence-electron chi connectivity index (χ3n) is 2.65. The highest BCUT2D eigenvalue weighted by molar-refractivity contribution is 5.79. The number of aliphatic carboxylic acids is 2. The number of aromatic hydroxyl groups is 4. The number of phenols is 4. The number of hydrogen-bond acceptors (Lipinski definition) is 9. The van der Waals surface area contributed by atoms with Crippen molar-refractivity contribution in [2.75, 3.05) is 11.5 Å². The highest BCUT2D eigenvalue weighted by Gasteiger charge is 2.16. The van der Waals surface area contributed by atoms with Gasteiger partial charge in [0.05, 0.1) is 6.42 Å². The second-order valence-corrected chi connectivity index (χ2v) is 4.95. The SMILES string of the molecule is Nc1ccc(O)c(O)c1.Nc1ccc(O)c(O)c1.O=C(O)CC(O)C(=O)O. The van der Waals surface area contributed by atoms with Crippen molar-refractivity contribution in [3.8, 4) is 23.0 Å². The molecule has 0 amide bonds. The summed E-state index contributed by atoms with van der Waals surface area (Å²) < 4.78 is 0. The first-order valence-electron chi connectivity index (χ1n) is 7.11. The van der Waals surface area contributed by atoms with E-state index in [0.29, 0.717) is 11.4 Å². The van der Waals surface area contributed by atoms with E-state index in [-0.39, 0.29) is 23.0 Å². The molecule has 0 aliphatic heterocycles. The maximum atomic E-state index is 9.72. The average Bonchev–Trinajstić information content (AvgIpc) is 2.55. The van der Waals surface area contributed by atoms with E-state index in [1.54, 1.807) is 0 Å². The number of carbonyl (C=O) groups is 2. The summed E-state index contributed by atoms with van der Waals surface area (Å²) in [5, 5.41) is 59.2. The highest BCUT2D eigenvalue weighted by Crippen LogP contribution is 2.26.